The van der Waals surface area contributed by atoms with E-state index >= 15 is 0 Å². The molecule has 0 aliphatic carbocycles. The highest BCUT2D eigenvalue weighted by atomic mass is 35.5. The van der Waals surface area contributed by atoms with Crippen molar-refractivity contribution in [1.82, 2.24) is 5.32 Å². The van der Waals surface area contributed by atoms with Gasteiger partial charge in [0.25, 0.3) is 10.0 Å². The first kappa shape index (κ1) is 24.9. The first-order chi connectivity index (χ1) is 15.5. The molecule has 0 saturated heterocycles. The van der Waals surface area contributed by atoms with E-state index in [2.05, 4.69) is 5.32 Å². The van der Waals surface area contributed by atoms with Crippen LogP contribution in [-0.4, -0.2) is 20.4 Å². The Labute approximate surface area is 198 Å². The number of carbonyl (C=O) groups excluding carboxylic acids is 1. The number of rotatable bonds is 7. The Kier molecular flexibility index (Phi) is 7.56. The van der Waals surface area contributed by atoms with Crippen LogP contribution < -0.4 is 9.62 Å². The fourth-order valence-corrected chi connectivity index (χ4v) is 4.95. The largest absolute Gasteiger partial charge is 0.350 e. The molecule has 3 aromatic rings. The van der Waals surface area contributed by atoms with Crippen LogP contribution in [0.2, 0.25) is 10.0 Å². The molecule has 0 heterocycles. The van der Waals surface area contributed by atoms with Crippen LogP contribution in [0.25, 0.3) is 0 Å². The topological polar surface area (TPSA) is 66.5 Å². The molecule has 174 valence electrons. The van der Waals surface area contributed by atoms with Crippen molar-refractivity contribution in [3.63, 3.8) is 0 Å². The van der Waals surface area contributed by atoms with Gasteiger partial charge in [-0.2, -0.15) is 0 Å². The lowest BCUT2D eigenvalue weighted by molar-refractivity contribution is -0.122. The van der Waals surface area contributed by atoms with Crippen LogP contribution in [0.5, 0.6) is 0 Å². The highest BCUT2D eigenvalue weighted by Gasteiger charge is 2.35. The van der Waals surface area contributed by atoms with Crippen LogP contribution >= 0.6 is 23.2 Å². The zero-order chi connectivity index (χ0) is 24.3. The van der Waals surface area contributed by atoms with Gasteiger partial charge in [0.15, 0.2) is 0 Å². The maximum Gasteiger partial charge on any atom is 0.265 e. The standard InChI is InChI=1S/C22H17Cl2F3N2O3S/c1-13(22(30)28-12-14-10-17(25)5-9-19(14)26)29(21-11-16(24)4-8-20(21)27)33(31,32)18-6-2-15(23)3-7-18/h2-11,13H,12H2,1H3,(H,28,30)/t13-/m1/s1. The van der Waals surface area contributed by atoms with E-state index in [0.717, 1.165) is 30.3 Å². The van der Waals surface area contributed by atoms with Gasteiger partial charge in [0.05, 0.1) is 10.6 Å². The van der Waals surface area contributed by atoms with Gasteiger partial charge in [0.2, 0.25) is 5.91 Å². The van der Waals surface area contributed by atoms with E-state index in [1.54, 1.807) is 0 Å². The molecule has 0 bridgehead atoms. The number of benzene rings is 3. The Bertz CT molecular complexity index is 1290. The fourth-order valence-electron chi connectivity index (χ4n) is 3.04. The monoisotopic (exact) mass is 516 g/mol. The predicted octanol–water partition coefficient (Wildman–Crippen LogP) is 5.31. The third-order valence-electron chi connectivity index (χ3n) is 4.71. The molecule has 11 heteroatoms. The van der Waals surface area contributed by atoms with E-state index in [1.807, 2.05) is 0 Å². The number of nitrogens with one attached hydrogen (secondary N) is 1. The highest BCUT2D eigenvalue weighted by Crippen LogP contribution is 2.31. The average molecular weight is 517 g/mol. The molecule has 0 fully saturated rings. The molecule has 0 unspecified atom stereocenters. The zero-order valence-electron chi connectivity index (χ0n) is 17.0. The Morgan fingerprint density at radius 1 is 0.939 bits per heavy atom. The number of halogens is 5. The Hall–Kier alpha value is -2.75. The predicted molar refractivity (Wildman–Crippen MR) is 120 cm³/mol. The summed E-state index contributed by atoms with van der Waals surface area (Å²) in [5.41, 5.74) is -0.603. The maximum absolute atomic E-state index is 14.7. The summed E-state index contributed by atoms with van der Waals surface area (Å²) >= 11 is 11.8. The van der Waals surface area contributed by atoms with Crippen molar-refractivity contribution in [2.24, 2.45) is 0 Å². The minimum Gasteiger partial charge on any atom is -0.350 e. The van der Waals surface area contributed by atoms with Gasteiger partial charge in [-0.1, -0.05) is 23.2 Å². The third-order valence-corrected chi connectivity index (χ3v) is 7.09. The summed E-state index contributed by atoms with van der Waals surface area (Å²) in [6.45, 7) is 0.810. The molecular formula is C22H17Cl2F3N2O3S. The number of amides is 1. The van der Waals surface area contributed by atoms with E-state index in [9.17, 15) is 26.4 Å². The molecule has 5 nitrogen and oxygen atoms in total. The van der Waals surface area contributed by atoms with Gasteiger partial charge in [0.1, 0.15) is 23.5 Å². The van der Waals surface area contributed by atoms with E-state index < -0.39 is 51.7 Å². The third kappa shape index (κ3) is 5.61. The number of carbonyl (C=O) groups is 1. The summed E-state index contributed by atoms with van der Waals surface area (Å²) < 4.78 is 69.4. The molecule has 3 rings (SSSR count). The van der Waals surface area contributed by atoms with Gasteiger partial charge >= 0.3 is 0 Å². The normalized spacial score (nSPS) is 12.3. The molecule has 3 aromatic carbocycles. The van der Waals surface area contributed by atoms with Crippen molar-refractivity contribution in [1.29, 1.82) is 0 Å². The number of hydrogen-bond acceptors (Lipinski definition) is 3. The Balaban J connectivity index is 1.99. The van der Waals surface area contributed by atoms with Crippen molar-refractivity contribution in [3.8, 4) is 0 Å². The number of hydrogen-bond donors (Lipinski definition) is 1. The molecule has 0 aliphatic heterocycles. The molecule has 0 spiro atoms. The van der Waals surface area contributed by atoms with E-state index in [1.165, 1.54) is 37.3 Å². The van der Waals surface area contributed by atoms with E-state index in [4.69, 9.17) is 23.2 Å². The van der Waals surface area contributed by atoms with E-state index in [-0.39, 0.29) is 20.5 Å². The van der Waals surface area contributed by atoms with Gasteiger partial charge in [-0.3, -0.25) is 9.10 Å². The second-order valence-corrected chi connectivity index (χ2v) is 9.67. The van der Waals surface area contributed by atoms with Crippen LogP contribution in [0.3, 0.4) is 0 Å². The van der Waals surface area contributed by atoms with Gasteiger partial charge < -0.3 is 5.32 Å². The summed E-state index contributed by atoms with van der Waals surface area (Å²) in [5, 5.41) is 2.67. The average Bonchev–Trinajstić information content (AvgIpc) is 2.76. The van der Waals surface area contributed by atoms with Crippen molar-refractivity contribution < 1.29 is 26.4 Å². The zero-order valence-corrected chi connectivity index (χ0v) is 19.4. The molecule has 1 N–H and O–H groups in total. The SMILES string of the molecule is C[C@H](C(=O)NCc1cc(F)ccc1F)N(c1cc(Cl)ccc1F)S(=O)(=O)c1ccc(Cl)cc1. The van der Waals surface area contributed by atoms with Crippen LogP contribution in [0, 0.1) is 17.5 Å². The van der Waals surface area contributed by atoms with Gasteiger partial charge in [-0.15, -0.1) is 0 Å². The van der Waals surface area contributed by atoms with Crippen LogP contribution in [0.4, 0.5) is 18.9 Å². The Morgan fingerprint density at radius 3 is 2.21 bits per heavy atom. The van der Waals surface area contributed by atoms with Crippen LogP contribution in [0.1, 0.15) is 12.5 Å². The quantitative estimate of drug-likeness (QED) is 0.462. The lowest BCUT2D eigenvalue weighted by atomic mass is 10.2. The highest BCUT2D eigenvalue weighted by molar-refractivity contribution is 7.93. The molecule has 1 atom stereocenters. The summed E-state index contributed by atoms with van der Waals surface area (Å²) in [6, 6.07) is 9.58. The molecule has 0 saturated carbocycles. The summed E-state index contributed by atoms with van der Waals surface area (Å²) in [4.78, 5) is 12.6. The summed E-state index contributed by atoms with van der Waals surface area (Å²) in [5.74, 6) is -3.28. The molecular weight excluding hydrogens is 500 g/mol. The minimum absolute atomic E-state index is 0.0390. The molecule has 33 heavy (non-hydrogen) atoms. The minimum atomic E-state index is -4.47. The lowest BCUT2D eigenvalue weighted by Crippen LogP contribution is -2.48. The molecule has 0 aliphatic rings. The maximum atomic E-state index is 14.7. The fraction of sp³-hybridized carbons (Fsp3) is 0.136. The second kappa shape index (κ2) is 10.0. The van der Waals surface area contributed by atoms with Gasteiger partial charge in [0, 0.05) is 22.2 Å². The van der Waals surface area contributed by atoms with Crippen molar-refractivity contribution in [2.45, 2.75) is 24.4 Å². The molecule has 0 radical (unpaired) electrons. The van der Waals surface area contributed by atoms with Crippen LogP contribution in [0.15, 0.2) is 65.6 Å². The number of sulfonamides is 1. The van der Waals surface area contributed by atoms with E-state index in [0.29, 0.717) is 4.31 Å². The van der Waals surface area contributed by atoms with Crippen LogP contribution in [-0.2, 0) is 21.4 Å². The first-order valence-corrected chi connectivity index (χ1v) is 11.7. The van der Waals surface area contributed by atoms with Gasteiger partial charge in [-0.05, 0) is 67.6 Å². The van der Waals surface area contributed by atoms with Gasteiger partial charge in [-0.25, -0.2) is 21.6 Å². The first-order valence-electron chi connectivity index (χ1n) is 9.47. The lowest BCUT2D eigenvalue weighted by Gasteiger charge is -2.30. The number of anilines is 1. The second-order valence-electron chi connectivity index (χ2n) is 6.98. The molecule has 0 aromatic heterocycles. The molecule has 1 amide bonds. The Morgan fingerprint density at radius 2 is 1.55 bits per heavy atom. The summed E-state index contributed by atoms with van der Waals surface area (Å²) in [6.07, 6.45) is 0. The smallest absolute Gasteiger partial charge is 0.265 e. The van der Waals surface area contributed by atoms with Crippen molar-refractivity contribution in [2.75, 3.05) is 4.31 Å². The summed E-state index contributed by atoms with van der Waals surface area (Å²) in [7, 11) is -4.47. The van der Waals surface area contributed by atoms with Crippen molar-refractivity contribution >= 4 is 44.8 Å². The number of nitrogens with zero attached hydrogens (tertiary/aromatic N) is 1. The van der Waals surface area contributed by atoms with Crippen molar-refractivity contribution in [3.05, 3.63) is 93.7 Å².